The molecule has 0 bridgehead atoms. The van der Waals surface area contributed by atoms with Crippen LogP contribution >= 0.6 is 0 Å². The second-order valence-electron chi connectivity index (χ2n) is 2.76. The molecular formula is C8H5F3N4. The Balaban J connectivity index is 2.44. The molecule has 0 aliphatic heterocycles. The molecule has 0 aliphatic carbocycles. The van der Waals surface area contributed by atoms with Gasteiger partial charge < -0.3 is 0 Å². The molecule has 0 spiro atoms. The Morgan fingerprint density at radius 2 is 1.93 bits per heavy atom. The number of pyridine rings is 1. The lowest BCUT2D eigenvalue weighted by molar-refractivity contribution is -0.141. The van der Waals surface area contributed by atoms with E-state index in [4.69, 9.17) is 0 Å². The smallest absolute Gasteiger partial charge is 0.242 e. The second kappa shape index (κ2) is 3.34. The van der Waals surface area contributed by atoms with Crippen LogP contribution in [0.25, 0.3) is 11.4 Å². The molecule has 2 heterocycles. The normalized spacial score (nSPS) is 11.7. The number of alkyl halides is 3. The molecule has 0 fully saturated rings. The summed E-state index contributed by atoms with van der Waals surface area (Å²) in [6.07, 6.45) is -3.14. The highest BCUT2D eigenvalue weighted by molar-refractivity contribution is 5.52. The van der Waals surface area contributed by atoms with E-state index in [0.29, 0.717) is 0 Å². The number of rotatable bonds is 1. The van der Waals surface area contributed by atoms with Crippen LogP contribution in [0, 0.1) is 0 Å². The molecule has 78 valence electrons. The predicted octanol–water partition coefficient (Wildman–Crippen LogP) is 1.89. The molecule has 0 atom stereocenters. The van der Waals surface area contributed by atoms with E-state index in [1.807, 2.05) is 0 Å². The quantitative estimate of drug-likeness (QED) is 0.788. The first kappa shape index (κ1) is 9.63. The van der Waals surface area contributed by atoms with Gasteiger partial charge in [0.15, 0.2) is 0 Å². The zero-order valence-electron chi connectivity index (χ0n) is 7.28. The van der Waals surface area contributed by atoms with E-state index >= 15 is 0 Å². The number of aromatic amines is 1. The minimum absolute atomic E-state index is 0.138. The van der Waals surface area contributed by atoms with Gasteiger partial charge in [-0.3, -0.25) is 0 Å². The molecule has 4 nitrogen and oxygen atoms in total. The first-order chi connectivity index (χ1) is 7.07. The first-order valence-corrected chi connectivity index (χ1v) is 3.98. The predicted molar refractivity (Wildman–Crippen MR) is 44.6 cm³/mol. The molecule has 0 saturated carbocycles. The van der Waals surface area contributed by atoms with E-state index < -0.39 is 11.9 Å². The topological polar surface area (TPSA) is 54.5 Å². The Morgan fingerprint density at radius 3 is 2.53 bits per heavy atom. The second-order valence-corrected chi connectivity index (χ2v) is 2.76. The number of nitrogens with one attached hydrogen (secondary N) is 1. The van der Waals surface area contributed by atoms with E-state index in [-0.39, 0.29) is 11.4 Å². The van der Waals surface area contributed by atoms with Gasteiger partial charge in [-0.05, 0) is 12.1 Å². The fourth-order valence-corrected chi connectivity index (χ4v) is 1.06. The highest BCUT2D eigenvalue weighted by Gasteiger charge is 2.32. The highest BCUT2D eigenvalue weighted by atomic mass is 19.4. The van der Waals surface area contributed by atoms with E-state index in [2.05, 4.69) is 20.4 Å². The lowest BCUT2D eigenvalue weighted by Gasteiger charge is -2.05. The van der Waals surface area contributed by atoms with Gasteiger partial charge in [0.2, 0.25) is 0 Å². The van der Waals surface area contributed by atoms with E-state index in [9.17, 15) is 13.2 Å². The molecule has 0 unspecified atom stereocenters. The van der Waals surface area contributed by atoms with E-state index in [0.717, 1.165) is 6.07 Å². The molecule has 2 aromatic heterocycles. The molecule has 0 amide bonds. The summed E-state index contributed by atoms with van der Waals surface area (Å²) in [5.41, 5.74) is -0.525. The van der Waals surface area contributed by atoms with Crippen molar-refractivity contribution in [3.05, 3.63) is 30.1 Å². The minimum atomic E-state index is -4.44. The lowest BCUT2D eigenvalue weighted by Crippen LogP contribution is -2.08. The molecule has 7 heteroatoms. The third-order valence-electron chi connectivity index (χ3n) is 1.72. The fraction of sp³-hybridized carbons (Fsp3) is 0.125. The number of hydrogen-bond donors (Lipinski definition) is 1. The van der Waals surface area contributed by atoms with Crippen LogP contribution in [0.5, 0.6) is 0 Å². The van der Waals surface area contributed by atoms with Crippen molar-refractivity contribution in [1.29, 1.82) is 0 Å². The van der Waals surface area contributed by atoms with Crippen molar-refractivity contribution in [3.63, 3.8) is 0 Å². The molecule has 2 aromatic rings. The van der Waals surface area contributed by atoms with Crippen LogP contribution < -0.4 is 0 Å². The van der Waals surface area contributed by atoms with Crippen LogP contribution in [-0.2, 0) is 6.18 Å². The third-order valence-corrected chi connectivity index (χ3v) is 1.72. The van der Waals surface area contributed by atoms with Crippen LogP contribution in [0.2, 0.25) is 0 Å². The van der Waals surface area contributed by atoms with Crippen molar-refractivity contribution in [2.75, 3.05) is 0 Å². The maximum absolute atomic E-state index is 12.3. The summed E-state index contributed by atoms with van der Waals surface area (Å²) in [6.45, 7) is 0. The van der Waals surface area contributed by atoms with Gasteiger partial charge in [0, 0.05) is 0 Å². The number of nitrogens with zero attached hydrogens (tertiary/aromatic N) is 3. The molecule has 0 aliphatic rings. The number of halogens is 3. The maximum atomic E-state index is 12.3. The summed E-state index contributed by atoms with van der Waals surface area (Å²) in [5, 5.41) is 9.44. The molecule has 0 radical (unpaired) electrons. The molecule has 0 aromatic carbocycles. The van der Waals surface area contributed by atoms with Crippen molar-refractivity contribution < 1.29 is 13.2 Å². The Labute approximate surface area is 82.2 Å². The maximum Gasteiger partial charge on any atom is 0.433 e. The summed E-state index contributed by atoms with van der Waals surface area (Å²) >= 11 is 0. The summed E-state index contributed by atoms with van der Waals surface area (Å²) in [4.78, 5) is 3.44. The van der Waals surface area contributed by atoms with Crippen molar-refractivity contribution >= 4 is 0 Å². The zero-order valence-corrected chi connectivity index (χ0v) is 7.28. The monoisotopic (exact) mass is 214 g/mol. The van der Waals surface area contributed by atoms with E-state index in [1.165, 1.54) is 18.3 Å². The van der Waals surface area contributed by atoms with Crippen molar-refractivity contribution in [3.8, 4) is 11.4 Å². The first-order valence-electron chi connectivity index (χ1n) is 3.98. The van der Waals surface area contributed by atoms with Gasteiger partial charge in [-0.2, -0.15) is 28.6 Å². The SMILES string of the molecule is FC(F)(F)c1cccc(-c2cn[nH]n2)n1. The van der Waals surface area contributed by atoms with Gasteiger partial charge in [-0.15, -0.1) is 0 Å². The Kier molecular flexibility index (Phi) is 2.14. The number of H-pyrrole nitrogens is 1. The summed E-state index contributed by atoms with van der Waals surface area (Å²) in [6, 6.07) is 3.62. The minimum Gasteiger partial charge on any atom is -0.242 e. The average Bonchev–Trinajstić information content (AvgIpc) is 2.69. The molecular weight excluding hydrogens is 209 g/mol. The van der Waals surface area contributed by atoms with Crippen LogP contribution in [-0.4, -0.2) is 20.4 Å². The number of hydrogen-bond acceptors (Lipinski definition) is 3. The van der Waals surface area contributed by atoms with Gasteiger partial charge in [0.25, 0.3) is 0 Å². The molecule has 0 saturated heterocycles. The summed E-state index contributed by atoms with van der Waals surface area (Å²) < 4.78 is 36.9. The van der Waals surface area contributed by atoms with Crippen molar-refractivity contribution in [2.24, 2.45) is 0 Å². The lowest BCUT2D eigenvalue weighted by atomic mass is 10.2. The van der Waals surface area contributed by atoms with Gasteiger partial charge in [0.1, 0.15) is 11.4 Å². The van der Waals surface area contributed by atoms with Gasteiger partial charge in [-0.25, -0.2) is 4.98 Å². The van der Waals surface area contributed by atoms with Crippen LogP contribution in [0.4, 0.5) is 13.2 Å². The molecule has 2 rings (SSSR count). The van der Waals surface area contributed by atoms with Gasteiger partial charge in [-0.1, -0.05) is 6.07 Å². The van der Waals surface area contributed by atoms with Gasteiger partial charge >= 0.3 is 6.18 Å². The van der Waals surface area contributed by atoms with Crippen molar-refractivity contribution in [2.45, 2.75) is 6.18 Å². The standard InChI is InChI=1S/C8H5F3N4/c9-8(10,11)7-3-1-2-5(13-7)6-4-12-15-14-6/h1-4H,(H,12,14,15). The van der Waals surface area contributed by atoms with Crippen LogP contribution in [0.15, 0.2) is 24.4 Å². The number of aromatic nitrogens is 4. The van der Waals surface area contributed by atoms with Crippen LogP contribution in [0.3, 0.4) is 0 Å². The average molecular weight is 214 g/mol. The van der Waals surface area contributed by atoms with Gasteiger partial charge in [0.05, 0.1) is 11.9 Å². The Morgan fingerprint density at radius 1 is 1.13 bits per heavy atom. The van der Waals surface area contributed by atoms with E-state index in [1.54, 1.807) is 0 Å². The third kappa shape index (κ3) is 1.95. The Bertz CT molecular complexity index is 449. The zero-order chi connectivity index (χ0) is 10.9. The molecule has 15 heavy (non-hydrogen) atoms. The van der Waals surface area contributed by atoms with Crippen molar-refractivity contribution in [1.82, 2.24) is 20.4 Å². The Hall–Kier alpha value is -1.92. The molecule has 1 N–H and O–H groups in total. The summed E-state index contributed by atoms with van der Waals surface area (Å²) in [5.74, 6) is 0. The fourth-order valence-electron chi connectivity index (χ4n) is 1.06. The van der Waals surface area contributed by atoms with Crippen LogP contribution in [0.1, 0.15) is 5.69 Å². The highest BCUT2D eigenvalue weighted by Crippen LogP contribution is 2.28. The largest absolute Gasteiger partial charge is 0.433 e. The summed E-state index contributed by atoms with van der Waals surface area (Å²) in [7, 11) is 0.